The van der Waals surface area contributed by atoms with Crippen LogP contribution in [-0.2, 0) is 4.79 Å². The number of carbonyl (C=O) groups excluding carboxylic acids is 2. The summed E-state index contributed by atoms with van der Waals surface area (Å²) in [6, 6.07) is 5.48. The molecule has 1 atom stereocenters. The van der Waals surface area contributed by atoms with E-state index in [-0.39, 0.29) is 29.6 Å². The van der Waals surface area contributed by atoms with Gasteiger partial charge in [0.1, 0.15) is 5.82 Å². The summed E-state index contributed by atoms with van der Waals surface area (Å²) >= 11 is 0. The number of likely N-dealkylation sites (tertiary alicyclic amines) is 1. The molecule has 5 heteroatoms. The molecule has 0 aromatic heterocycles. The number of rotatable bonds is 3. The second kappa shape index (κ2) is 5.84. The van der Waals surface area contributed by atoms with Gasteiger partial charge in [-0.25, -0.2) is 4.39 Å². The zero-order valence-electron chi connectivity index (χ0n) is 11.8. The molecule has 21 heavy (non-hydrogen) atoms. The molecule has 2 fully saturated rings. The molecule has 2 amide bonds. The Morgan fingerprint density at radius 2 is 1.86 bits per heavy atom. The lowest BCUT2D eigenvalue weighted by atomic mass is 9.84. The number of hydrogen-bond donors (Lipinski definition) is 1. The molecule has 1 N–H and O–H groups in total. The Labute approximate surface area is 123 Å². The average molecular weight is 290 g/mol. The summed E-state index contributed by atoms with van der Waals surface area (Å²) in [7, 11) is 0. The van der Waals surface area contributed by atoms with Gasteiger partial charge in [-0.2, -0.15) is 0 Å². The Bertz CT molecular complexity index is 540. The highest BCUT2D eigenvalue weighted by molar-refractivity contribution is 5.94. The quantitative estimate of drug-likeness (QED) is 0.925. The van der Waals surface area contributed by atoms with E-state index in [0.717, 1.165) is 25.7 Å². The monoisotopic (exact) mass is 290 g/mol. The molecule has 2 aliphatic rings. The molecule has 0 spiro atoms. The van der Waals surface area contributed by atoms with Gasteiger partial charge in [0.2, 0.25) is 5.91 Å². The summed E-state index contributed by atoms with van der Waals surface area (Å²) in [5, 5.41) is 2.92. The fraction of sp³-hybridized carbons (Fsp3) is 0.500. The normalized spacial score (nSPS) is 22.0. The van der Waals surface area contributed by atoms with Crippen LogP contribution in [-0.4, -0.2) is 35.8 Å². The van der Waals surface area contributed by atoms with Crippen molar-refractivity contribution in [1.82, 2.24) is 10.2 Å². The molecule has 1 aromatic carbocycles. The predicted molar refractivity (Wildman–Crippen MR) is 76.2 cm³/mol. The fourth-order valence-electron chi connectivity index (χ4n) is 2.86. The van der Waals surface area contributed by atoms with Crippen molar-refractivity contribution in [3.05, 3.63) is 35.6 Å². The van der Waals surface area contributed by atoms with Crippen molar-refractivity contribution >= 4 is 11.8 Å². The van der Waals surface area contributed by atoms with Crippen LogP contribution in [0.25, 0.3) is 0 Å². The number of halogens is 1. The Kier molecular flexibility index (Phi) is 3.90. The maximum absolute atomic E-state index is 12.8. The van der Waals surface area contributed by atoms with Gasteiger partial charge >= 0.3 is 0 Å². The van der Waals surface area contributed by atoms with Gasteiger partial charge in [0.15, 0.2) is 0 Å². The second-order valence-electron chi connectivity index (χ2n) is 5.88. The average Bonchev–Trinajstić information content (AvgIpc) is 2.86. The Hall–Kier alpha value is -1.91. The molecule has 0 radical (unpaired) electrons. The first-order chi connectivity index (χ1) is 10.1. The molecular weight excluding hydrogens is 271 g/mol. The van der Waals surface area contributed by atoms with Crippen molar-refractivity contribution in [3.63, 3.8) is 0 Å². The van der Waals surface area contributed by atoms with E-state index >= 15 is 0 Å². The minimum atomic E-state index is -0.357. The molecule has 3 rings (SSSR count). The summed E-state index contributed by atoms with van der Waals surface area (Å²) in [6.07, 6.45) is 3.93. The molecule has 112 valence electrons. The third-order valence-electron chi connectivity index (χ3n) is 4.40. The van der Waals surface area contributed by atoms with Gasteiger partial charge in [-0.05, 0) is 43.5 Å². The van der Waals surface area contributed by atoms with E-state index in [1.165, 1.54) is 24.3 Å². The molecule has 1 saturated carbocycles. The van der Waals surface area contributed by atoms with E-state index in [1.54, 1.807) is 0 Å². The Balaban J connectivity index is 1.53. The van der Waals surface area contributed by atoms with Crippen LogP contribution in [0.2, 0.25) is 0 Å². The van der Waals surface area contributed by atoms with Crippen LogP contribution in [0.1, 0.15) is 36.0 Å². The summed E-state index contributed by atoms with van der Waals surface area (Å²) < 4.78 is 12.8. The van der Waals surface area contributed by atoms with Gasteiger partial charge in [-0.1, -0.05) is 6.42 Å². The first kappa shape index (κ1) is 14.0. The van der Waals surface area contributed by atoms with Gasteiger partial charge in [-0.15, -0.1) is 0 Å². The van der Waals surface area contributed by atoms with Gasteiger partial charge < -0.3 is 10.2 Å². The Morgan fingerprint density at radius 1 is 1.14 bits per heavy atom. The first-order valence-corrected chi connectivity index (χ1v) is 7.49. The van der Waals surface area contributed by atoms with Gasteiger partial charge in [-0.3, -0.25) is 9.59 Å². The fourth-order valence-corrected chi connectivity index (χ4v) is 2.86. The summed E-state index contributed by atoms with van der Waals surface area (Å²) in [6.45, 7) is 1.30. The van der Waals surface area contributed by atoms with E-state index in [1.807, 2.05) is 4.90 Å². The minimum absolute atomic E-state index is 0.00780. The van der Waals surface area contributed by atoms with Crippen molar-refractivity contribution in [2.75, 3.05) is 13.1 Å². The predicted octanol–water partition coefficient (Wildman–Crippen LogP) is 1.96. The number of benzene rings is 1. The van der Waals surface area contributed by atoms with Crippen molar-refractivity contribution in [2.45, 2.75) is 31.7 Å². The molecule has 4 nitrogen and oxygen atoms in total. The summed E-state index contributed by atoms with van der Waals surface area (Å²) in [5.74, 6) is -0.126. The van der Waals surface area contributed by atoms with E-state index in [0.29, 0.717) is 18.7 Å². The van der Waals surface area contributed by atoms with E-state index < -0.39 is 0 Å². The van der Waals surface area contributed by atoms with Crippen LogP contribution in [0.5, 0.6) is 0 Å². The van der Waals surface area contributed by atoms with Crippen LogP contribution >= 0.6 is 0 Å². The molecule has 1 aromatic rings. The third kappa shape index (κ3) is 3.06. The zero-order chi connectivity index (χ0) is 14.8. The largest absolute Gasteiger partial charge is 0.347 e. The minimum Gasteiger partial charge on any atom is -0.347 e. The molecular formula is C16H19FN2O2. The van der Waals surface area contributed by atoms with E-state index in [4.69, 9.17) is 0 Å². The smallest absolute Gasteiger partial charge is 0.251 e. The molecule has 1 heterocycles. The zero-order valence-corrected chi connectivity index (χ0v) is 11.8. The Morgan fingerprint density at radius 3 is 2.48 bits per heavy atom. The van der Waals surface area contributed by atoms with Crippen LogP contribution < -0.4 is 5.32 Å². The number of nitrogens with one attached hydrogen (secondary N) is 1. The van der Waals surface area contributed by atoms with Crippen molar-refractivity contribution in [2.24, 2.45) is 5.92 Å². The van der Waals surface area contributed by atoms with E-state index in [2.05, 4.69) is 5.32 Å². The lowest BCUT2D eigenvalue weighted by Gasteiger charge is -2.29. The van der Waals surface area contributed by atoms with Gasteiger partial charge in [0, 0.05) is 30.6 Å². The van der Waals surface area contributed by atoms with Gasteiger partial charge in [0.25, 0.3) is 5.91 Å². The van der Waals surface area contributed by atoms with Crippen LogP contribution in [0.15, 0.2) is 24.3 Å². The van der Waals surface area contributed by atoms with Crippen molar-refractivity contribution in [1.29, 1.82) is 0 Å². The van der Waals surface area contributed by atoms with Crippen LogP contribution in [0.4, 0.5) is 4.39 Å². The highest BCUT2D eigenvalue weighted by Crippen LogP contribution is 2.29. The standard InChI is InChI=1S/C16H19FN2O2/c17-13-6-4-11(5-7-13)15(20)18-14-8-9-19(10-14)16(21)12-2-1-3-12/h4-7,12,14H,1-3,8-10H2,(H,18,20)/t14-/m0/s1. The summed E-state index contributed by atoms with van der Waals surface area (Å²) in [5.41, 5.74) is 0.445. The number of carbonyl (C=O) groups is 2. The maximum Gasteiger partial charge on any atom is 0.251 e. The third-order valence-corrected chi connectivity index (χ3v) is 4.40. The molecule has 1 aliphatic heterocycles. The molecule has 1 saturated heterocycles. The highest BCUT2D eigenvalue weighted by Gasteiger charge is 2.34. The number of nitrogens with zero attached hydrogens (tertiary/aromatic N) is 1. The van der Waals surface area contributed by atoms with E-state index in [9.17, 15) is 14.0 Å². The summed E-state index contributed by atoms with van der Waals surface area (Å²) in [4.78, 5) is 26.1. The topological polar surface area (TPSA) is 49.4 Å². The second-order valence-corrected chi connectivity index (χ2v) is 5.88. The molecule has 1 aliphatic carbocycles. The maximum atomic E-state index is 12.8. The van der Waals surface area contributed by atoms with Crippen LogP contribution in [0.3, 0.4) is 0 Å². The SMILES string of the molecule is O=C(N[C@H]1CCN(C(=O)C2CCC2)C1)c1ccc(F)cc1. The molecule has 0 bridgehead atoms. The lowest BCUT2D eigenvalue weighted by Crippen LogP contribution is -2.41. The molecule has 0 unspecified atom stereocenters. The number of amides is 2. The van der Waals surface area contributed by atoms with Crippen molar-refractivity contribution in [3.8, 4) is 0 Å². The first-order valence-electron chi connectivity index (χ1n) is 7.49. The number of hydrogen-bond acceptors (Lipinski definition) is 2. The lowest BCUT2D eigenvalue weighted by molar-refractivity contribution is -0.137. The highest BCUT2D eigenvalue weighted by atomic mass is 19.1. The van der Waals surface area contributed by atoms with Gasteiger partial charge in [0.05, 0.1) is 0 Å². The van der Waals surface area contributed by atoms with Crippen LogP contribution in [0, 0.1) is 11.7 Å². The van der Waals surface area contributed by atoms with Crippen molar-refractivity contribution < 1.29 is 14.0 Å².